The van der Waals surface area contributed by atoms with Crippen molar-refractivity contribution in [3.63, 3.8) is 0 Å². The number of hydrogen-bond donors (Lipinski definition) is 3. The Morgan fingerprint density at radius 2 is 1.97 bits per heavy atom. The molecule has 0 aliphatic carbocycles. The normalized spacial score (nSPS) is 16.8. The van der Waals surface area contributed by atoms with E-state index in [4.69, 9.17) is 19.9 Å². The molecule has 2 aliphatic rings. The zero-order valence-corrected chi connectivity index (χ0v) is 18.8. The van der Waals surface area contributed by atoms with Crippen LogP contribution in [-0.2, 0) is 6.54 Å². The van der Waals surface area contributed by atoms with Gasteiger partial charge in [-0.15, -0.1) is 0 Å². The van der Waals surface area contributed by atoms with Gasteiger partial charge in [-0.05, 0) is 66.3 Å². The van der Waals surface area contributed by atoms with Crippen LogP contribution in [0.1, 0.15) is 19.3 Å². The Hall–Kier alpha value is -2.04. The molecule has 8 nitrogen and oxygen atoms in total. The summed E-state index contributed by atoms with van der Waals surface area (Å²) in [4.78, 5) is 13.3. The maximum absolute atomic E-state index is 8.19. The van der Waals surface area contributed by atoms with E-state index in [1.807, 2.05) is 12.1 Å². The van der Waals surface area contributed by atoms with Gasteiger partial charge in [0.2, 0.25) is 0 Å². The van der Waals surface area contributed by atoms with Crippen LogP contribution in [0.3, 0.4) is 0 Å². The van der Waals surface area contributed by atoms with Crippen LogP contribution in [0.4, 0.5) is 0 Å². The number of halogens is 1. The lowest BCUT2D eigenvalue weighted by Gasteiger charge is -2.22. The number of H-pyrrole nitrogens is 1. The molecule has 5 rings (SSSR count). The molecule has 0 radical (unpaired) electrons. The van der Waals surface area contributed by atoms with Crippen LogP contribution in [0.2, 0.25) is 0 Å². The number of fused-ring (bicyclic) bond motifs is 2. The first-order valence-corrected chi connectivity index (χ1v) is 11.8. The number of piperidine rings is 1. The second kappa shape index (κ2) is 8.60. The standard InChI is InChI=1S/C20H23BrN6O2S/c21-13-9-14-15(29-8-7-28-14)10-16(13)30-20-25-17-18(22)24-11-27(19(17)26-20)6-3-12-1-4-23-5-2-12/h9-12,22-23H,1-8H2,(H,25,26). The van der Waals surface area contributed by atoms with Gasteiger partial charge in [-0.3, -0.25) is 5.41 Å². The van der Waals surface area contributed by atoms with Crippen LogP contribution in [0.5, 0.6) is 11.5 Å². The lowest BCUT2D eigenvalue weighted by molar-refractivity contribution is 0.171. The first-order chi connectivity index (χ1) is 14.7. The van der Waals surface area contributed by atoms with E-state index in [-0.39, 0.29) is 5.49 Å². The Kier molecular flexibility index (Phi) is 5.70. The van der Waals surface area contributed by atoms with E-state index in [1.165, 1.54) is 24.6 Å². The Morgan fingerprint density at radius 1 is 1.20 bits per heavy atom. The highest BCUT2D eigenvalue weighted by Gasteiger charge is 2.18. The molecule has 0 spiro atoms. The molecule has 0 unspecified atom stereocenters. The first-order valence-electron chi connectivity index (χ1n) is 10.1. The SMILES string of the molecule is N=c1ncn(CCC2CCNCC2)c2nc(Sc3cc4c(cc3Br)OCCO4)[nH]c12. The second-order valence-corrected chi connectivity index (χ2v) is 9.42. The monoisotopic (exact) mass is 490 g/mol. The van der Waals surface area contributed by atoms with Crippen molar-refractivity contribution in [1.82, 2.24) is 24.8 Å². The van der Waals surface area contributed by atoms with Crippen LogP contribution in [0.25, 0.3) is 11.2 Å². The lowest BCUT2D eigenvalue weighted by Crippen LogP contribution is -2.28. The molecule has 4 heterocycles. The van der Waals surface area contributed by atoms with E-state index in [9.17, 15) is 0 Å². The first kappa shape index (κ1) is 19.9. The smallest absolute Gasteiger partial charge is 0.173 e. The highest BCUT2D eigenvalue weighted by Crippen LogP contribution is 2.41. The van der Waals surface area contributed by atoms with Crippen molar-refractivity contribution in [2.24, 2.45) is 5.92 Å². The summed E-state index contributed by atoms with van der Waals surface area (Å²) in [5.41, 5.74) is 1.66. The van der Waals surface area contributed by atoms with Gasteiger partial charge in [-0.2, -0.15) is 0 Å². The Labute approximate surface area is 186 Å². The average Bonchev–Trinajstić information content (AvgIpc) is 3.19. The second-order valence-electron chi connectivity index (χ2n) is 7.54. The van der Waals surface area contributed by atoms with Crippen molar-refractivity contribution in [3.8, 4) is 11.5 Å². The highest BCUT2D eigenvalue weighted by atomic mass is 79.9. The molecule has 3 N–H and O–H groups in total. The van der Waals surface area contributed by atoms with Crippen molar-refractivity contribution in [2.75, 3.05) is 26.3 Å². The molecule has 0 saturated carbocycles. The minimum Gasteiger partial charge on any atom is -0.486 e. The molecular formula is C20H23BrN6O2S. The van der Waals surface area contributed by atoms with Crippen molar-refractivity contribution in [3.05, 3.63) is 28.4 Å². The number of aromatic nitrogens is 4. The summed E-state index contributed by atoms with van der Waals surface area (Å²) >= 11 is 5.11. The fraction of sp³-hybridized carbons (Fsp3) is 0.450. The van der Waals surface area contributed by atoms with Gasteiger partial charge in [0.05, 0.1) is 6.33 Å². The van der Waals surface area contributed by atoms with Gasteiger partial charge in [-0.1, -0.05) is 11.8 Å². The van der Waals surface area contributed by atoms with Crippen molar-refractivity contribution in [1.29, 1.82) is 5.41 Å². The van der Waals surface area contributed by atoms with Gasteiger partial charge in [0.25, 0.3) is 0 Å². The van der Waals surface area contributed by atoms with Gasteiger partial charge >= 0.3 is 0 Å². The number of aryl methyl sites for hydroxylation is 1. The molecule has 30 heavy (non-hydrogen) atoms. The van der Waals surface area contributed by atoms with Crippen LogP contribution >= 0.6 is 27.7 Å². The van der Waals surface area contributed by atoms with Gasteiger partial charge < -0.3 is 24.3 Å². The fourth-order valence-corrected chi connectivity index (χ4v) is 5.28. The van der Waals surface area contributed by atoms with Crippen LogP contribution in [-0.4, -0.2) is 45.8 Å². The van der Waals surface area contributed by atoms with Crippen LogP contribution in [0, 0.1) is 11.3 Å². The number of rotatable bonds is 5. The third-order valence-corrected chi connectivity index (χ3v) is 7.40. The minimum absolute atomic E-state index is 0.212. The summed E-state index contributed by atoms with van der Waals surface area (Å²) in [5, 5.41) is 12.3. The highest BCUT2D eigenvalue weighted by molar-refractivity contribution is 9.10. The topological polar surface area (TPSA) is 101 Å². The molecule has 0 atom stereocenters. The molecule has 1 saturated heterocycles. The summed E-state index contributed by atoms with van der Waals surface area (Å²) in [7, 11) is 0. The summed E-state index contributed by atoms with van der Waals surface area (Å²) in [6.07, 6.45) is 5.27. The summed E-state index contributed by atoms with van der Waals surface area (Å²) in [5.74, 6) is 2.21. The maximum atomic E-state index is 8.19. The minimum atomic E-state index is 0.212. The Bertz CT molecular complexity index is 1120. The number of imidazole rings is 1. The van der Waals surface area contributed by atoms with Crippen molar-refractivity contribution >= 4 is 38.9 Å². The summed E-state index contributed by atoms with van der Waals surface area (Å²) < 4.78 is 14.3. The van der Waals surface area contributed by atoms with Gasteiger partial charge in [0.1, 0.15) is 18.7 Å². The summed E-state index contributed by atoms with van der Waals surface area (Å²) in [6.45, 7) is 4.17. The molecule has 10 heteroatoms. The van der Waals surface area contributed by atoms with Gasteiger partial charge in [0, 0.05) is 15.9 Å². The van der Waals surface area contributed by atoms with E-state index < -0.39 is 0 Å². The van der Waals surface area contributed by atoms with Crippen LogP contribution in [0.15, 0.2) is 33.0 Å². The third kappa shape index (κ3) is 4.08. The van der Waals surface area contributed by atoms with Crippen molar-refractivity contribution in [2.45, 2.75) is 35.9 Å². The number of nitrogens with zero attached hydrogens (tertiary/aromatic N) is 3. The summed E-state index contributed by atoms with van der Waals surface area (Å²) in [6, 6.07) is 3.89. The van der Waals surface area contributed by atoms with Gasteiger partial charge in [-0.25, -0.2) is 9.97 Å². The molecule has 2 aliphatic heterocycles. The van der Waals surface area contributed by atoms with E-state index in [1.54, 1.807) is 6.33 Å². The molecule has 158 valence electrons. The number of nitrogens with one attached hydrogen (secondary N) is 3. The largest absolute Gasteiger partial charge is 0.486 e. The van der Waals surface area contributed by atoms with Crippen LogP contribution < -0.4 is 20.3 Å². The molecule has 0 bridgehead atoms. The molecule has 3 aromatic rings. The number of hydrogen-bond acceptors (Lipinski definition) is 7. The maximum Gasteiger partial charge on any atom is 0.173 e. The van der Waals surface area contributed by atoms with E-state index >= 15 is 0 Å². The molecule has 0 amide bonds. The van der Waals surface area contributed by atoms with Crippen molar-refractivity contribution < 1.29 is 9.47 Å². The predicted molar refractivity (Wildman–Crippen MR) is 117 cm³/mol. The molecule has 1 fully saturated rings. The lowest BCUT2D eigenvalue weighted by atomic mass is 9.95. The molecular weight excluding hydrogens is 468 g/mol. The Balaban J connectivity index is 1.40. The van der Waals surface area contributed by atoms with Gasteiger partial charge in [0.15, 0.2) is 27.8 Å². The van der Waals surface area contributed by atoms with E-state index in [0.717, 1.165) is 63.6 Å². The fourth-order valence-electron chi connectivity index (χ4n) is 3.89. The Morgan fingerprint density at radius 3 is 2.77 bits per heavy atom. The molecule has 2 aromatic heterocycles. The number of aromatic amines is 1. The predicted octanol–water partition coefficient (Wildman–Crippen LogP) is 3.31. The quantitative estimate of drug-likeness (QED) is 0.507. The molecule has 1 aromatic carbocycles. The number of benzene rings is 1. The zero-order valence-electron chi connectivity index (χ0n) is 16.4. The van der Waals surface area contributed by atoms with E-state index in [2.05, 4.69) is 35.8 Å². The zero-order chi connectivity index (χ0) is 20.5. The number of ether oxygens (including phenoxy) is 2. The van der Waals surface area contributed by atoms with E-state index in [0.29, 0.717) is 18.7 Å². The third-order valence-electron chi connectivity index (χ3n) is 5.54. The average molecular weight is 491 g/mol.